The summed E-state index contributed by atoms with van der Waals surface area (Å²) in [6, 6.07) is 16.0. The van der Waals surface area contributed by atoms with Crippen LogP contribution in [-0.2, 0) is 11.3 Å². The van der Waals surface area contributed by atoms with Gasteiger partial charge in [0, 0.05) is 0 Å². The number of carbonyl (C=O) groups excluding carboxylic acids is 1. The molecule has 5 heteroatoms. The number of amides is 1. The van der Waals surface area contributed by atoms with Crippen molar-refractivity contribution in [2.75, 3.05) is 30.4 Å². The van der Waals surface area contributed by atoms with E-state index in [9.17, 15) is 4.79 Å². The zero-order chi connectivity index (χ0) is 17.3. The van der Waals surface area contributed by atoms with Crippen LogP contribution in [0.3, 0.4) is 0 Å². The standard InChI is InChI=1S/C20H23N3O2/c1-25-16-6-4-5-15(13-16)14-23-18-8-3-2-7-17(18)22-20(19(23)24)9-11-21-12-10-20/h2-8,13,21-22H,9-12,14H2,1H3. The summed E-state index contributed by atoms with van der Waals surface area (Å²) in [5.41, 5.74) is 2.54. The quantitative estimate of drug-likeness (QED) is 0.904. The highest BCUT2D eigenvalue weighted by Crippen LogP contribution is 2.39. The fraction of sp³-hybridized carbons (Fsp3) is 0.350. The molecule has 1 spiro atoms. The van der Waals surface area contributed by atoms with Crippen LogP contribution >= 0.6 is 0 Å². The molecule has 1 amide bonds. The molecule has 130 valence electrons. The molecule has 0 bridgehead atoms. The minimum Gasteiger partial charge on any atom is -0.497 e. The molecule has 2 aliphatic rings. The van der Waals surface area contributed by atoms with Crippen LogP contribution in [0, 0.1) is 0 Å². The van der Waals surface area contributed by atoms with Crippen LogP contribution in [0.15, 0.2) is 48.5 Å². The highest BCUT2D eigenvalue weighted by molar-refractivity contribution is 6.07. The van der Waals surface area contributed by atoms with E-state index in [2.05, 4.69) is 16.7 Å². The first kappa shape index (κ1) is 16.0. The molecule has 0 saturated carbocycles. The van der Waals surface area contributed by atoms with Gasteiger partial charge in [0.05, 0.1) is 25.0 Å². The molecule has 1 fully saturated rings. The number of anilines is 2. The van der Waals surface area contributed by atoms with Gasteiger partial charge in [0.15, 0.2) is 0 Å². The van der Waals surface area contributed by atoms with Crippen LogP contribution in [0.5, 0.6) is 5.75 Å². The van der Waals surface area contributed by atoms with E-state index >= 15 is 0 Å². The van der Waals surface area contributed by atoms with Gasteiger partial charge in [-0.3, -0.25) is 4.79 Å². The summed E-state index contributed by atoms with van der Waals surface area (Å²) in [5, 5.41) is 6.90. The second-order valence-electron chi connectivity index (χ2n) is 6.72. The van der Waals surface area contributed by atoms with Crippen molar-refractivity contribution in [1.29, 1.82) is 0 Å². The Kier molecular flexibility index (Phi) is 4.09. The van der Waals surface area contributed by atoms with E-state index in [1.54, 1.807) is 7.11 Å². The van der Waals surface area contributed by atoms with Crippen molar-refractivity contribution < 1.29 is 9.53 Å². The minimum absolute atomic E-state index is 0.163. The lowest BCUT2D eigenvalue weighted by Gasteiger charge is -2.46. The summed E-state index contributed by atoms with van der Waals surface area (Å²) >= 11 is 0. The summed E-state index contributed by atoms with van der Waals surface area (Å²) in [6.45, 7) is 2.26. The summed E-state index contributed by atoms with van der Waals surface area (Å²) in [7, 11) is 1.66. The van der Waals surface area contributed by atoms with Gasteiger partial charge in [-0.1, -0.05) is 24.3 Å². The van der Waals surface area contributed by atoms with Gasteiger partial charge in [-0.25, -0.2) is 0 Å². The molecule has 2 aromatic carbocycles. The van der Waals surface area contributed by atoms with Crippen molar-refractivity contribution in [2.24, 2.45) is 0 Å². The fourth-order valence-corrected chi connectivity index (χ4v) is 3.80. The normalized spacial score (nSPS) is 18.6. The first-order valence-electron chi connectivity index (χ1n) is 8.75. The molecule has 0 unspecified atom stereocenters. The van der Waals surface area contributed by atoms with Crippen LogP contribution < -0.4 is 20.3 Å². The van der Waals surface area contributed by atoms with Crippen LogP contribution in [0.4, 0.5) is 11.4 Å². The Labute approximate surface area is 148 Å². The molecule has 2 N–H and O–H groups in total. The fourth-order valence-electron chi connectivity index (χ4n) is 3.80. The van der Waals surface area contributed by atoms with Crippen molar-refractivity contribution in [3.05, 3.63) is 54.1 Å². The van der Waals surface area contributed by atoms with Gasteiger partial charge in [0.2, 0.25) is 0 Å². The number of fused-ring (bicyclic) bond motifs is 1. The van der Waals surface area contributed by atoms with Crippen molar-refractivity contribution >= 4 is 17.3 Å². The van der Waals surface area contributed by atoms with E-state index in [1.807, 2.05) is 47.4 Å². The number of nitrogens with zero attached hydrogens (tertiary/aromatic N) is 1. The second kappa shape index (κ2) is 6.41. The number of hydrogen-bond donors (Lipinski definition) is 2. The molecule has 2 aromatic rings. The number of methoxy groups -OCH3 is 1. The van der Waals surface area contributed by atoms with Crippen molar-refractivity contribution in [3.8, 4) is 5.75 Å². The first-order chi connectivity index (χ1) is 12.2. The van der Waals surface area contributed by atoms with Crippen LogP contribution in [0.2, 0.25) is 0 Å². The Balaban J connectivity index is 1.72. The molecule has 0 atom stereocenters. The van der Waals surface area contributed by atoms with E-state index < -0.39 is 5.54 Å². The maximum Gasteiger partial charge on any atom is 0.253 e. The molecule has 25 heavy (non-hydrogen) atoms. The molecule has 0 radical (unpaired) electrons. The molecule has 4 rings (SSSR count). The third-order valence-corrected chi connectivity index (χ3v) is 5.16. The van der Waals surface area contributed by atoms with E-state index in [4.69, 9.17) is 4.74 Å². The first-order valence-corrected chi connectivity index (χ1v) is 8.75. The molecule has 2 aliphatic heterocycles. The van der Waals surface area contributed by atoms with Crippen molar-refractivity contribution in [2.45, 2.75) is 24.9 Å². The number of ether oxygens (including phenoxy) is 1. The van der Waals surface area contributed by atoms with Crippen LogP contribution in [0.25, 0.3) is 0 Å². The van der Waals surface area contributed by atoms with Gasteiger partial charge < -0.3 is 20.3 Å². The molecular weight excluding hydrogens is 314 g/mol. The summed E-state index contributed by atoms with van der Waals surface area (Å²) < 4.78 is 5.33. The number of piperidine rings is 1. The molecule has 0 aliphatic carbocycles. The average Bonchev–Trinajstić information content (AvgIpc) is 2.66. The van der Waals surface area contributed by atoms with E-state index in [-0.39, 0.29) is 5.91 Å². The van der Waals surface area contributed by atoms with E-state index in [1.165, 1.54) is 0 Å². The number of hydrogen-bond acceptors (Lipinski definition) is 4. The van der Waals surface area contributed by atoms with Gasteiger partial charge in [0.1, 0.15) is 11.3 Å². The number of benzene rings is 2. The zero-order valence-corrected chi connectivity index (χ0v) is 14.4. The minimum atomic E-state index is -0.502. The number of nitrogens with one attached hydrogen (secondary N) is 2. The molecular formula is C20H23N3O2. The predicted molar refractivity (Wildman–Crippen MR) is 99.1 cm³/mol. The van der Waals surface area contributed by atoms with Gasteiger partial charge in [-0.05, 0) is 55.8 Å². The van der Waals surface area contributed by atoms with Crippen LogP contribution in [0.1, 0.15) is 18.4 Å². The monoisotopic (exact) mass is 337 g/mol. The third kappa shape index (κ3) is 2.85. The smallest absolute Gasteiger partial charge is 0.253 e. The predicted octanol–water partition coefficient (Wildman–Crippen LogP) is 2.78. The largest absolute Gasteiger partial charge is 0.497 e. The van der Waals surface area contributed by atoms with E-state index in [0.717, 1.165) is 48.6 Å². The SMILES string of the molecule is COc1cccc(CN2C(=O)C3(CCNCC3)Nc3ccccc32)c1. The van der Waals surface area contributed by atoms with Crippen LogP contribution in [-0.4, -0.2) is 31.6 Å². The highest BCUT2D eigenvalue weighted by Gasteiger charge is 2.46. The second-order valence-corrected chi connectivity index (χ2v) is 6.72. The molecule has 0 aromatic heterocycles. The Morgan fingerprint density at radius 3 is 2.72 bits per heavy atom. The lowest BCUT2D eigenvalue weighted by molar-refractivity contribution is -0.124. The Morgan fingerprint density at radius 2 is 1.92 bits per heavy atom. The van der Waals surface area contributed by atoms with E-state index in [0.29, 0.717) is 6.54 Å². The molecule has 5 nitrogen and oxygen atoms in total. The highest BCUT2D eigenvalue weighted by atomic mass is 16.5. The summed E-state index contributed by atoms with van der Waals surface area (Å²) in [4.78, 5) is 15.4. The number of rotatable bonds is 3. The third-order valence-electron chi connectivity index (χ3n) is 5.16. The average molecular weight is 337 g/mol. The molecule has 2 heterocycles. The van der Waals surface area contributed by atoms with Gasteiger partial charge >= 0.3 is 0 Å². The lowest BCUT2D eigenvalue weighted by Crippen LogP contribution is -2.61. The van der Waals surface area contributed by atoms with Crippen molar-refractivity contribution in [3.63, 3.8) is 0 Å². The lowest BCUT2D eigenvalue weighted by atomic mass is 9.84. The Hall–Kier alpha value is -2.53. The zero-order valence-electron chi connectivity index (χ0n) is 14.4. The van der Waals surface area contributed by atoms with Gasteiger partial charge in [-0.2, -0.15) is 0 Å². The maximum absolute atomic E-state index is 13.4. The molecule has 1 saturated heterocycles. The Morgan fingerprint density at radius 1 is 1.12 bits per heavy atom. The maximum atomic E-state index is 13.4. The van der Waals surface area contributed by atoms with Crippen molar-refractivity contribution in [1.82, 2.24) is 5.32 Å². The summed E-state index contributed by atoms with van der Waals surface area (Å²) in [6.07, 6.45) is 1.60. The number of para-hydroxylation sites is 2. The number of carbonyl (C=O) groups is 1. The van der Waals surface area contributed by atoms with Gasteiger partial charge in [0.25, 0.3) is 5.91 Å². The topological polar surface area (TPSA) is 53.6 Å². The van der Waals surface area contributed by atoms with Gasteiger partial charge in [-0.15, -0.1) is 0 Å². The summed E-state index contributed by atoms with van der Waals surface area (Å²) in [5.74, 6) is 0.973. The Bertz CT molecular complexity index is 784.